The molecule has 0 unspecified atom stereocenters. The number of pyridine rings is 1. The maximum Gasteiger partial charge on any atom is 0.269 e. The lowest BCUT2D eigenvalue weighted by molar-refractivity contribution is -0.112. The number of rotatable bonds is 5. The molecule has 4 aromatic rings. The molecule has 162 valence electrons. The Bertz CT molecular complexity index is 1490. The van der Waals surface area contributed by atoms with Crippen molar-refractivity contribution in [1.29, 1.82) is 5.26 Å². The fourth-order valence-corrected chi connectivity index (χ4v) is 3.41. The number of nitrogens with zero attached hydrogens (tertiary/aromatic N) is 3. The van der Waals surface area contributed by atoms with Crippen molar-refractivity contribution < 1.29 is 9.53 Å². The Morgan fingerprint density at radius 1 is 1.15 bits per heavy atom. The SMILES string of the molecule is N#C/C(=C/c1c(Oc2ccc(Br)cc2)nc2ccccn2c1=O)C(=O)Nc1cccc(Cl)c1. The summed E-state index contributed by atoms with van der Waals surface area (Å²) in [6, 6.07) is 20.3. The molecule has 0 saturated heterocycles. The van der Waals surface area contributed by atoms with Crippen LogP contribution in [0.2, 0.25) is 5.02 Å². The highest BCUT2D eigenvalue weighted by molar-refractivity contribution is 9.10. The maximum atomic E-state index is 13.2. The number of halogens is 2. The van der Waals surface area contributed by atoms with E-state index in [0.717, 1.165) is 4.47 Å². The van der Waals surface area contributed by atoms with E-state index in [0.29, 0.717) is 22.1 Å². The molecule has 0 fully saturated rings. The second kappa shape index (κ2) is 9.69. The molecule has 0 saturated carbocycles. The highest BCUT2D eigenvalue weighted by Crippen LogP contribution is 2.25. The molecule has 0 aliphatic carbocycles. The molecule has 4 rings (SSSR count). The first-order chi connectivity index (χ1) is 15.9. The molecule has 33 heavy (non-hydrogen) atoms. The number of ether oxygens (including phenoxy) is 1. The van der Waals surface area contributed by atoms with Crippen molar-refractivity contribution in [3.63, 3.8) is 0 Å². The molecular formula is C24H14BrClN4O3. The predicted molar refractivity (Wildman–Crippen MR) is 129 cm³/mol. The molecule has 0 atom stereocenters. The van der Waals surface area contributed by atoms with Crippen molar-refractivity contribution in [2.45, 2.75) is 0 Å². The predicted octanol–water partition coefficient (Wildman–Crippen LogP) is 5.45. The average Bonchev–Trinajstić information content (AvgIpc) is 2.80. The van der Waals surface area contributed by atoms with E-state index >= 15 is 0 Å². The molecule has 9 heteroatoms. The first kappa shape index (κ1) is 22.3. The third-order valence-electron chi connectivity index (χ3n) is 4.50. The van der Waals surface area contributed by atoms with Crippen LogP contribution in [0.3, 0.4) is 0 Å². The minimum atomic E-state index is -0.702. The van der Waals surface area contributed by atoms with Gasteiger partial charge < -0.3 is 10.1 Å². The van der Waals surface area contributed by atoms with Crippen molar-refractivity contribution in [3.8, 4) is 17.7 Å². The van der Waals surface area contributed by atoms with Crippen LogP contribution in [0, 0.1) is 11.3 Å². The second-order valence-corrected chi connectivity index (χ2v) is 8.11. The van der Waals surface area contributed by atoms with E-state index in [4.69, 9.17) is 16.3 Å². The quantitative estimate of drug-likeness (QED) is 0.278. The number of carbonyl (C=O) groups excluding carboxylic acids is 1. The normalized spacial score (nSPS) is 11.1. The molecule has 2 heterocycles. The van der Waals surface area contributed by atoms with Crippen molar-refractivity contribution in [1.82, 2.24) is 9.38 Å². The zero-order valence-electron chi connectivity index (χ0n) is 16.8. The number of hydrogen-bond acceptors (Lipinski definition) is 5. The summed E-state index contributed by atoms with van der Waals surface area (Å²) in [6.45, 7) is 0. The van der Waals surface area contributed by atoms with Gasteiger partial charge in [0.05, 0.1) is 0 Å². The third kappa shape index (κ3) is 5.12. The van der Waals surface area contributed by atoms with E-state index in [2.05, 4.69) is 26.2 Å². The Balaban J connectivity index is 1.79. The Hall–Kier alpha value is -3.93. The number of carbonyl (C=O) groups is 1. The number of aromatic nitrogens is 2. The standard InChI is InChI=1S/C24H14BrClN4O3/c25-16-7-9-19(10-8-16)33-23-20(24(32)30-11-2-1-6-21(30)29-23)12-15(14-27)22(31)28-18-5-3-4-17(26)13-18/h1-13H,(H,28,31)/b15-12-. The monoisotopic (exact) mass is 520 g/mol. The highest BCUT2D eigenvalue weighted by Gasteiger charge is 2.17. The second-order valence-electron chi connectivity index (χ2n) is 6.75. The van der Waals surface area contributed by atoms with Gasteiger partial charge in [-0.1, -0.05) is 39.7 Å². The number of nitrogens with one attached hydrogen (secondary N) is 1. The Morgan fingerprint density at radius 2 is 1.94 bits per heavy atom. The summed E-state index contributed by atoms with van der Waals surface area (Å²) < 4.78 is 8.03. The lowest BCUT2D eigenvalue weighted by Crippen LogP contribution is -2.20. The van der Waals surface area contributed by atoms with Crippen LogP contribution in [0.25, 0.3) is 11.7 Å². The number of anilines is 1. The van der Waals surface area contributed by atoms with Gasteiger partial charge in [-0.3, -0.25) is 14.0 Å². The molecule has 0 aliphatic rings. The van der Waals surface area contributed by atoms with Gasteiger partial charge in [-0.05, 0) is 60.7 Å². The lowest BCUT2D eigenvalue weighted by atomic mass is 10.1. The summed E-state index contributed by atoms with van der Waals surface area (Å²) in [4.78, 5) is 30.3. The van der Waals surface area contributed by atoms with Crippen molar-refractivity contribution >= 4 is 50.8 Å². The van der Waals surface area contributed by atoms with Crippen molar-refractivity contribution in [3.05, 3.63) is 104 Å². The summed E-state index contributed by atoms with van der Waals surface area (Å²) in [5.41, 5.74) is -0.0668. The average molecular weight is 522 g/mol. The van der Waals surface area contributed by atoms with Gasteiger partial charge in [-0.2, -0.15) is 10.2 Å². The van der Waals surface area contributed by atoms with E-state index in [1.165, 1.54) is 10.5 Å². The van der Waals surface area contributed by atoms with Crippen LogP contribution in [0.4, 0.5) is 5.69 Å². The Kier molecular flexibility index (Phi) is 6.54. The van der Waals surface area contributed by atoms with Gasteiger partial charge in [0.25, 0.3) is 11.5 Å². The number of amides is 1. The van der Waals surface area contributed by atoms with E-state index < -0.39 is 11.5 Å². The number of fused-ring (bicyclic) bond motifs is 1. The summed E-state index contributed by atoms with van der Waals surface area (Å²) in [6.07, 6.45) is 2.71. The molecule has 2 aromatic heterocycles. The summed E-state index contributed by atoms with van der Waals surface area (Å²) >= 11 is 9.31. The van der Waals surface area contributed by atoms with Crippen LogP contribution in [0.5, 0.6) is 11.6 Å². The van der Waals surface area contributed by atoms with Gasteiger partial charge in [0.15, 0.2) is 0 Å². The molecule has 0 bridgehead atoms. The fraction of sp³-hybridized carbons (Fsp3) is 0. The third-order valence-corrected chi connectivity index (χ3v) is 5.26. The first-order valence-electron chi connectivity index (χ1n) is 9.58. The number of nitriles is 1. The largest absolute Gasteiger partial charge is 0.438 e. The Labute approximate surface area is 201 Å². The van der Waals surface area contributed by atoms with Gasteiger partial charge in [-0.15, -0.1) is 0 Å². The molecule has 2 aromatic carbocycles. The van der Waals surface area contributed by atoms with Gasteiger partial charge >= 0.3 is 0 Å². The van der Waals surface area contributed by atoms with Crippen molar-refractivity contribution in [2.75, 3.05) is 5.32 Å². The summed E-state index contributed by atoms with van der Waals surface area (Å²) in [7, 11) is 0. The molecule has 1 N–H and O–H groups in total. The van der Waals surface area contributed by atoms with Crippen LogP contribution < -0.4 is 15.6 Å². The molecule has 0 spiro atoms. The van der Waals surface area contributed by atoms with Crippen LogP contribution in [-0.2, 0) is 4.79 Å². The fourth-order valence-electron chi connectivity index (χ4n) is 2.96. The van der Waals surface area contributed by atoms with Crippen LogP contribution in [0.1, 0.15) is 5.56 Å². The minimum absolute atomic E-state index is 0.0307. The van der Waals surface area contributed by atoms with E-state index in [-0.39, 0.29) is 17.0 Å². The van der Waals surface area contributed by atoms with Crippen molar-refractivity contribution in [2.24, 2.45) is 0 Å². The maximum absolute atomic E-state index is 13.2. The molecule has 1 amide bonds. The van der Waals surface area contributed by atoms with Gasteiger partial charge in [0, 0.05) is 21.4 Å². The Morgan fingerprint density at radius 3 is 2.67 bits per heavy atom. The lowest BCUT2D eigenvalue weighted by Gasteiger charge is -2.10. The number of benzene rings is 2. The zero-order chi connectivity index (χ0) is 23.4. The zero-order valence-corrected chi connectivity index (χ0v) is 19.2. The molecule has 0 aliphatic heterocycles. The van der Waals surface area contributed by atoms with E-state index in [1.54, 1.807) is 72.9 Å². The van der Waals surface area contributed by atoms with Crippen LogP contribution in [-0.4, -0.2) is 15.3 Å². The van der Waals surface area contributed by atoms with E-state index in [9.17, 15) is 14.9 Å². The van der Waals surface area contributed by atoms with Crippen LogP contribution in [0.15, 0.2) is 87.8 Å². The van der Waals surface area contributed by atoms with Gasteiger partial charge in [0.1, 0.15) is 28.6 Å². The smallest absolute Gasteiger partial charge is 0.269 e. The van der Waals surface area contributed by atoms with Crippen LogP contribution >= 0.6 is 27.5 Å². The number of hydrogen-bond donors (Lipinski definition) is 1. The van der Waals surface area contributed by atoms with E-state index in [1.807, 2.05) is 6.07 Å². The minimum Gasteiger partial charge on any atom is -0.438 e. The summed E-state index contributed by atoms with van der Waals surface area (Å²) in [5, 5.41) is 12.7. The topological polar surface area (TPSA) is 96.5 Å². The van der Waals surface area contributed by atoms with Gasteiger partial charge in [0.2, 0.25) is 5.88 Å². The molecular weight excluding hydrogens is 508 g/mol. The highest BCUT2D eigenvalue weighted by atomic mass is 79.9. The summed E-state index contributed by atoms with van der Waals surface area (Å²) in [5.74, 6) is -0.300. The molecule has 7 nitrogen and oxygen atoms in total. The first-order valence-corrected chi connectivity index (χ1v) is 10.8. The van der Waals surface area contributed by atoms with Gasteiger partial charge in [-0.25, -0.2) is 0 Å². The molecule has 0 radical (unpaired) electrons.